The van der Waals surface area contributed by atoms with Crippen molar-refractivity contribution in [3.05, 3.63) is 24.8 Å². The van der Waals surface area contributed by atoms with Crippen molar-refractivity contribution in [1.82, 2.24) is 10.2 Å². The number of carbonyl (C=O) groups is 2. The second kappa shape index (κ2) is 11.3. The molecule has 0 aromatic heterocycles. The summed E-state index contributed by atoms with van der Waals surface area (Å²) >= 11 is -3.15. The molecule has 0 fully saturated rings. The van der Waals surface area contributed by atoms with E-state index in [2.05, 4.69) is 11.9 Å². The number of nitrogens with zero attached hydrogens (tertiary/aromatic N) is 1. The number of nitrogens with one attached hydrogen (secondary N) is 1. The van der Waals surface area contributed by atoms with E-state index in [1.807, 2.05) is 28.9 Å². The maximum atomic E-state index is 12.3. The molecule has 1 N–H and O–H groups in total. The van der Waals surface area contributed by atoms with E-state index in [1.54, 1.807) is 20.2 Å². The van der Waals surface area contributed by atoms with Gasteiger partial charge in [0.15, 0.2) is 0 Å². The first-order valence-corrected chi connectivity index (χ1v) is 14.3. The second-order valence-electron chi connectivity index (χ2n) is 5.09. The van der Waals surface area contributed by atoms with E-state index in [9.17, 15) is 12.7 Å². The van der Waals surface area contributed by atoms with Crippen molar-refractivity contribution in [3.8, 4) is 0 Å². The zero-order valence-electron chi connectivity index (χ0n) is 13.8. The standard InChI is InChI=1S/C15H26I2N2O3/c1-7-8-9-10-11(2)12(16-22)13(14(20)18-5)19(6)15(21)17(3)4/h7-9,11-13H,1,10H2,2-6H3,(H,18,20)/b9-8+/t11-,12?,13+/m1/s1. The van der Waals surface area contributed by atoms with Crippen LogP contribution in [0.15, 0.2) is 24.8 Å². The third-order valence-corrected chi connectivity index (χ3v) is 8.36. The van der Waals surface area contributed by atoms with E-state index in [1.165, 1.54) is 4.90 Å². The van der Waals surface area contributed by atoms with E-state index in [4.69, 9.17) is 0 Å². The fourth-order valence-electron chi connectivity index (χ4n) is 2.03. The van der Waals surface area contributed by atoms with E-state index < -0.39 is 47.1 Å². The number of carbonyl (C=O) groups excluding carboxylic acids is 2. The number of allylic oxidation sites excluding steroid dienone is 3. The monoisotopic (exact) mass is 536 g/mol. The Balaban J connectivity index is 5.40. The van der Waals surface area contributed by atoms with Gasteiger partial charge in [-0.1, -0.05) is 0 Å². The average molecular weight is 536 g/mol. The number of alkyl halides is 3. The van der Waals surface area contributed by atoms with Crippen LogP contribution in [0.4, 0.5) is 4.79 Å². The first-order chi connectivity index (χ1) is 10.3. The van der Waals surface area contributed by atoms with Gasteiger partial charge < -0.3 is 0 Å². The van der Waals surface area contributed by atoms with Crippen LogP contribution in [0.5, 0.6) is 0 Å². The van der Waals surface area contributed by atoms with Crippen LogP contribution in [0.2, 0.25) is 0 Å². The van der Waals surface area contributed by atoms with Gasteiger partial charge in [0.2, 0.25) is 0 Å². The molecular formula is C15H26I2N2O3. The first kappa shape index (κ1) is 21.7. The summed E-state index contributed by atoms with van der Waals surface area (Å²) in [5.74, 6) is -0.191. The molecule has 0 aliphatic rings. The fourth-order valence-corrected chi connectivity index (χ4v) is 5.73. The summed E-state index contributed by atoms with van der Waals surface area (Å²) in [7, 11) is 3.20. The van der Waals surface area contributed by atoms with Gasteiger partial charge in [-0.2, -0.15) is 0 Å². The summed E-state index contributed by atoms with van der Waals surface area (Å²) in [4.78, 5) is 30.0. The minimum absolute atomic E-state index is 0.0362. The molecule has 7 heteroatoms. The average Bonchev–Trinajstić information content (AvgIpc) is 2.50. The van der Waals surface area contributed by atoms with Gasteiger partial charge in [0, 0.05) is 0 Å². The molecule has 0 aliphatic carbocycles. The van der Waals surface area contributed by atoms with Gasteiger partial charge in [-0.3, -0.25) is 0 Å². The number of amides is 2. The third kappa shape index (κ3) is 6.43. The van der Waals surface area contributed by atoms with E-state index in [0.29, 0.717) is 6.42 Å². The van der Waals surface area contributed by atoms with Gasteiger partial charge in [0.25, 0.3) is 0 Å². The van der Waals surface area contributed by atoms with Crippen LogP contribution in [-0.2, 0) is 7.86 Å². The Kier molecular flexibility index (Phi) is 11.1. The molecule has 0 aliphatic heterocycles. The molecule has 2 amide bonds. The number of likely N-dealkylation sites (N-methyl/N-ethyl adjacent to an activating group) is 2. The zero-order valence-corrected chi connectivity index (χ0v) is 18.1. The van der Waals surface area contributed by atoms with Crippen molar-refractivity contribution in [2.24, 2.45) is 5.92 Å². The van der Waals surface area contributed by atoms with Crippen molar-refractivity contribution in [2.75, 3.05) is 24.0 Å². The summed E-state index contributed by atoms with van der Waals surface area (Å²) in [6, 6.07) is -0.658. The molecular weight excluding hydrogens is 510 g/mol. The molecule has 0 saturated heterocycles. The molecule has 0 aromatic rings. The molecule has 22 heavy (non-hydrogen) atoms. The number of halogens is 2. The van der Waals surface area contributed by atoms with Gasteiger partial charge in [-0.25, -0.2) is 0 Å². The molecule has 1 unspecified atom stereocenters. The third-order valence-electron chi connectivity index (χ3n) is 3.26. The minimum atomic E-state index is -1.72. The number of hydrogen-bond donors (Lipinski definition) is 1. The molecule has 0 bridgehead atoms. The van der Waals surface area contributed by atoms with Gasteiger partial charge in [-0.15, -0.1) is 0 Å². The van der Waals surface area contributed by atoms with E-state index >= 15 is 0 Å². The Hall–Kier alpha value is -0.320. The Morgan fingerprint density at radius 3 is 2.41 bits per heavy atom. The fraction of sp³-hybridized carbons (Fsp3) is 0.600. The SMILES string of the molecule is C=C/C=C/C[C@@H](C)C(I=O)[C@@H](C(=O)NC)N(C)C(=O)I(C)C. The normalized spacial score (nSPS) is 15.8. The summed E-state index contributed by atoms with van der Waals surface area (Å²) in [6.45, 7) is 5.59. The number of hydrogen-bond acceptors (Lipinski definition) is 3. The van der Waals surface area contributed by atoms with Crippen molar-refractivity contribution in [3.63, 3.8) is 0 Å². The van der Waals surface area contributed by atoms with E-state index in [-0.39, 0.29) is 19.7 Å². The Labute approximate surface area is 151 Å². The maximum absolute atomic E-state index is 12.3. The molecule has 0 spiro atoms. The summed E-state index contributed by atoms with van der Waals surface area (Å²) < 4.78 is 11.6. The van der Waals surface area contributed by atoms with Gasteiger partial charge in [0.05, 0.1) is 0 Å². The van der Waals surface area contributed by atoms with Crippen molar-refractivity contribution in [1.29, 1.82) is 0 Å². The summed E-state index contributed by atoms with van der Waals surface area (Å²) in [5, 5.41) is 2.61. The summed E-state index contributed by atoms with van der Waals surface area (Å²) in [5.41, 5.74) is 0. The van der Waals surface area contributed by atoms with Gasteiger partial charge in [0.1, 0.15) is 0 Å². The van der Waals surface area contributed by atoms with Gasteiger partial charge in [-0.05, 0) is 0 Å². The van der Waals surface area contributed by atoms with Crippen LogP contribution >= 0.6 is 41.0 Å². The van der Waals surface area contributed by atoms with Crippen molar-refractivity contribution < 1.29 is 12.7 Å². The molecule has 0 saturated carbocycles. The molecule has 3 atom stereocenters. The predicted octanol–water partition coefficient (Wildman–Crippen LogP) is 3.37. The van der Waals surface area contributed by atoms with Crippen LogP contribution in [-0.4, -0.2) is 48.6 Å². The topological polar surface area (TPSA) is 66.5 Å². The first-order valence-electron chi connectivity index (χ1n) is 6.83. The van der Waals surface area contributed by atoms with Crippen molar-refractivity contribution in [2.45, 2.75) is 23.3 Å². The van der Waals surface area contributed by atoms with Gasteiger partial charge >= 0.3 is 152 Å². The molecule has 0 aromatic carbocycles. The Bertz CT molecular complexity index is 439. The quantitative estimate of drug-likeness (QED) is 0.162. The molecule has 0 heterocycles. The molecule has 0 radical (unpaired) electrons. The molecule has 5 nitrogen and oxygen atoms in total. The number of rotatable bonds is 9. The van der Waals surface area contributed by atoms with Crippen LogP contribution in [0.25, 0.3) is 0 Å². The predicted molar refractivity (Wildman–Crippen MR) is 108 cm³/mol. The van der Waals surface area contributed by atoms with E-state index in [0.717, 1.165) is 0 Å². The summed E-state index contributed by atoms with van der Waals surface area (Å²) in [6.07, 6.45) is 6.17. The molecule has 0 rings (SSSR count). The second-order valence-corrected chi connectivity index (χ2v) is 12.3. The Morgan fingerprint density at radius 2 is 2.00 bits per heavy atom. The van der Waals surface area contributed by atoms with Crippen LogP contribution in [0.1, 0.15) is 13.3 Å². The van der Waals surface area contributed by atoms with Crippen LogP contribution < -0.4 is 5.32 Å². The zero-order chi connectivity index (χ0) is 17.3. The Morgan fingerprint density at radius 1 is 1.41 bits per heavy atom. The van der Waals surface area contributed by atoms with Crippen LogP contribution in [0.3, 0.4) is 0 Å². The van der Waals surface area contributed by atoms with Crippen LogP contribution in [0, 0.1) is 5.92 Å². The molecule has 128 valence electrons. The van der Waals surface area contributed by atoms with Crippen molar-refractivity contribution >= 4 is 50.8 Å².